The molecule has 0 aliphatic carbocycles. The van der Waals surface area contributed by atoms with Gasteiger partial charge in [-0.2, -0.15) is 0 Å². The maximum atomic E-state index is 13.6. The molecule has 0 saturated carbocycles. The Labute approximate surface area is 127 Å². The predicted molar refractivity (Wildman–Crippen MR) is 85.8 cm³/mol. The number of hydrogen-bond acceptors (Lipinski definition) is 3. The van der Waals surface area contributed by atoms with Crippen molar-refractivity contribution < 1.29 is 4.39 Å². The fourth-order valence-corrected chi connectivity index (χ4v) is 2.83. The van der Waals surface area contributed by atoms with Crippen LogP contribution in [0.2, 0.25) is 0 Å². The maximum Gasteiger partial charge on any atom is 0.126 e. The van der Waals surface area contributed by atoms with Gasteiger partial charge in [0.15, 0.2) is 0 Å². The minimum absolute atomic E-state index is 0.0803. The van der Waals surface area contributed by atoms with Crippen molar-refractivity contribution in [1.29, 1.82) is 0 Å². The molecule has 1 fully saturated rings. The summed E-state index contributed by atoms with van der Waals surface area (Å²) in [6, 6.07) is 5.88. The second-order valence-corrected chi connectivity index (χ2v) is 6.38. The Morgan fingerprint density at radius 3 is 2.43 bits per heavy atom. The minimum Gasteiger partial charge on any atom is -0.324 e. The van der Waals surface area contributed by atoms with Gasteiger partial charge in [-0.1, -0.05) is 12.1 Å². The van der Waals surface area contributed by atoms with Gasteiger partial charge in [0.2, 0.25) is 0 Å². The molecule has 1 saturated heterocycles. The normalized spacial score (nSPS) is 19.1. The lowest BCUT2D eigenvalue weighted by atomic mass is 10.0. The van der Waals surface area contributed by atoms with E-state index < -0.39 is 0 Å². The van der Waals surface area contributed by atoms with E-state index in [-0.39, 0.29) is 11.9 Å². The van der Waals surface area contributed by atoms with E-state index in [1.807, 2.05) is 12.1 Å². The number of rotatable bonds is 5. The molecule has 1 aromatic rings. The molecule has 1 unspecified atom stereocenters. The molecule has 118 valence electrons. The molecule has 0 amide bonds. The predicted octanol–water partition coefficient (Wildman–Crippen LogP) is 2.55. The Morgan fingerprint density at radius 1 is 1.19 bits per heavy atom. The summed E-state index contributed by atoms with van der Waals surface area (Å²) >= 11 is 0. The van der Waals surface area contributed by atoms with Crippen LogP contribution in [0.1, 0.15) is 37.4 Å². The average Bonchev–Trinajstić information content (AvgIpc) is 2.48. The lowest BCUT2D eigenvalue weighted by Gasteiger charge is -2.37. The minimum atomic E-state index is -0.159. The molecular weight excluding hydrogens is 265 g/mol. The molecule has 1 aliphatic rings. The monoisotopic (exact) mass is 293 g/mol. The van der Waals surface area contributed by atoms with Crippen LogP contribution in [0.5, 0.6) is 0 Å². The van der Waals surface area contributed by atoms with Crippen molar-refractivity contribution >= 4 is 0 Å². The number of nitrogens with zero attached hydrogens (tertiary/aromatic N) is 2. The van der Waals surface area contributed by atoms with Crippen LogP contribution < -0.4 is 5.73 Å². The maximum absolute atomic E-state index is 13.6. The highest BCUT2D eigenvalue weighted by Gasteiger charge is 2.19. The summed E-state index contributed by atoms with van der Waals surface area (Å²) < 4.78 is 13.6. The van der Waals surface area contributed by atoms with Gasteiger partial charge >= 0.3 is 0 Å². The summed E-state index contributed by atoms with van der Waals surface area (Å²) in [5, 5.41) is 0. The fourth-order valence-electron chi connectivity index (χ4n) is 2.83. The Bertz CT molecular complexity index is 453. The topological polar surface area (TPSA) is 32.5 Å². The molecule has 4 heteroatoms. The summed E-state index contributed by atoms with van der Waals surface area (Å²) in [6.45, 7) is 11.7. The van der Waals surface area contributed by atoms with E-state index in [1.54, 1.807) is 13.0 Å². The summed E-state index contributed by atoms with van der Waals surface area (Å²) in [5.41, 5.74) is 7.78. The smallest absolute Gasteiger partial charge is 0.126 e. The standard InChI is InChI=1S/C17H28FN3/c1-13(2)21-10-8-20(9-11-21)7-6-17(19)15-5-4-14(3)16(18)12-15/h4-5,12-13,17H,6-11,19H2,1-3H3. The molecule has 1 heterocycles. The zero-order chi connectivity index (χ0) is 15.4. The van der Waals surface area contributed by atoms with Gasteiger partial charge < -0.3 is 10.6 Å². The Balaban J connectivity index is 1.79. The van der Waals surface area contributed by atoms with Crippen LogP contribution in [-0.4, -0.2) is 48.6 Å². The van der Waals surface area contributed by atoms with Gasteiger partial charge in [-0.25, -0.2) is 4.39 Å². The van der Waals surface area contributed by atoms with E-state index >= 15 is 0 Å². The lowest BCUT2D eigenvalue weighted by molar-refractivity contribution is 0.106. The number of hydrogen-bond donors (Lipinski definition) is 1. The van der Waals surface area contributed by atoms with Crippen LogP contribution in [0, 0.1) is 12.7 Å². The zero-order valence-electron chi connectivity index (χ0n) is 13.5. The van der Waals surface area contributed by atoms with Gasteiger partial charge in [0, 0.05) is 44.8 Å². The Hall–Kier alpha value is -0.970. The van der Waals surface area contributed by atoms with Crippen molar-refractivity contribution in [2.75, 3.05) is 32.7 Å². The summed E-state index contributed by atoms with van der Waals surface area (Å²) in [7, 11) is 0. The summed E-state index contributed by atoms with van der Waals surface area (Å²) in [4.78, 5) is 4.97. The number of benzene rings is 1. The van der Waals surface area contributed by atoms with E-state index in [2.05, 4.69) is 23.6 Å². The molecule has 1 aliphatic heterocycles. The van der Waals surface area contributed by atoms with Crippen molar-refractivity contribution in [3.63, 3.8) is 0 Å². The first-order chi connectivity index (χ1) is 9.97. The molecule has 0 aromatic heterocycles. The summed E-state index contributed by atoms with van der Waals surface area (Å²) in [6.07, 6.45) is 0.879. The van der Waals surface area contributed by atoms with Gasteiger partial charge in [0.1, 0.15) is 5.82 Å². The molecule has 2 N–H and O–H groups in total. The van der Waals surface area contributed by atoms with Gasteiger partial charge in [-0.05, 0) is 44.4 Å². The molecule has 1 aromatic carbocycles. The molecule has 3 nitrogen and oxygen atoms in total. The lowest BCUT2D eigenvalue weighted by Crippen LogP contribution is -2.49. The van der Waals surface area contributed by atoms with Crippen LogP contribution in [-0.2, 0) is 0 Å². The fraction of sp³-hybridized carbons (Fsp3) is 0.647. The number of halogens is 1. The molecule has 21 heavy (non-hydrogen) atoms. The van der Waals surface area contributed by atoms with E-state index in [4.69, 9.17) is 5.73 Å². The van der Waals surface area contributed by atoms with Gasteiger partial charge in [-0.15, -0.1) is 0 Å². The number of aryl methyl sites for hydroxylation is 1. The Morgan fingerprint density at radius 2 is 1.86 bits per heavy atom. The molecule has 0 radical (unpaired) electrons. The molecular formula is C17H28FN3. The molecule has 1 atom stereocenters. The van der Waals surface area contributed by atoms with Crippen LogP contribution in [0.25, 0.3) is 0 Å². The largest absolute Gasteiger partial charge is 0.324 e. The van der Waals surface area contributed by atoms with E-state index in [9.17, 15) is 4.39 Å². The third kappa shape index (κ3) is 4.50. The van der Waals surface area contributed by atoms with Gasteiger partial charge in [0.25, 0.3) is 0 Å². The second-order valence-electron chi connectivity index (χ2n) is 6.38. The Kier molecular flexibility index (Phi) is 5.73. The van der Waals surface area contributed by atoms with E-state index in [1.165, 1.54) is 0 Å². The zero-order valence-corrected chi connectivity index (χ0v) is 13.5. The van der Waals surface area contributed by atoms with Gasteiger partial charge in [0.05, 0.1) is 0 Å². The molecule has 0 bridgehead atoms. The van der Waals surface area contributed by atoms with Gasteiger partial charge in [-0.3, -0.25) is 4.90 Å². The van der Waals surface area contributed by atoms with E-state index in [0.29, 0.717) is 11.6 Å². The van der Waals surface area contributed by atoms with Crippen molar-refractivity contribution in [3.8, 4) is 0 Å². The highest BCUT2D eigenvalue weighted by molar-refractivity contribution is 5.25. The number of nitrogens with two attached hydrogens (primary N) is 1. The molecule has 2 rings (SSSR count). The first-order valence-corrected chi connectivity index (χ1v) is 7.95. The highest BCUT2D eigenvalue weighted by atomic mass is 19.1. The first kappa shape index (κ1) is 16.4. The van der Waals surface area contributed by atoms with Crippen molar-refractivity contribution in [3.05, 3.63) is 35.1 Å². The van der Waals surface area contributed by atoms with Crippen molar-refractivity contribution in [2.45, 2.75) is 39.3 Å². The van der Waals surface area contributed by atoms with Crippen molar-refractivity contribution in [1.82, 2.24) is 9.80 Å². The average molecular weight is 293 g/mol. The van der Waals surface area contributed by atoms with E-state index in [0.717, 1.165) is 44.7 Å². The SMILES string of the molecule is Cc1ccc(C(N)CCN2CCN(C(C)C)CC2)cc1F. The van der Waals surface area contributed by atoms with Crippen molar-refractivity contribution in [2.24, 2.45) is 5.73 Å². The summed E-state index contributed by atoms with van der Waals surface area (Å²) in [5.74, 6) is -0.159. The van der Waals surface area contributed by atoms with Crippen LogP contribution in [0.3, 0.4) is 0 Å². The highest BCUT2D eigenvalue weighted by Crippen LogP contribution is 2.18. The van der Waals surface area contributed by atoms with Crippen LogP contribution in [0.15, 0.2) is 18.2 Å². The molecule has 0 spiro atoms. The van der Waals surface area contributed by atoms with Crippen LogP contribution in [0.4, 0.5) is 4.39 Å². The van der Waals surface area contributed by atoms with Crippen LogP contribution >= 0.6 is 0 Å². The first-order valence-electron chi connectivity index (χ1n) is 7.95. The number of piperazine rings is 1. The second kappa shape index (κ2) is 7.34. The third-order valence-corrected chi connectivity index (χ3v) is 4.52. The quantitative estimate of drug-likeness (QED) is 0.905. The third-order valence-electron chi connectivity index (χ3n) is 4.52.